The maximum Gasteiger partial charge on any atom is 0.249 e. The van der Waals surface area contributed by atoms with E-state index >= 15 is 0 Å². The third-order valence-electron chi connectivity index (χ3n) is 9.26. The van der Waals surface area contributed by atoms with Gasteiger partial charge in [-0.05, 0) is 24.8 Å². The monoisotopic (exact) mass is 549 g/mol. The van der Waals surface area contributed by atoms with Crippen molar-refractivity contribution in [2.24, 2.45) is 11.8 Å². The van der Waals surface area contributed by atoms with Gasteiger partial charge in [0.1, 0.15) is 11.6 Å². The van der Waals surface area contributed by atoms with E-state index in [1.807, 2.05) is 78.3 Å². The number of hydrogen-bond acceptors (Lipinski definition) is 5. The third-order valence-corrected chi connectivity index (χ3v) is 9.26. The number of aliphatic hydroxyl groups is 1. The van der Waals surface area contributed by atoms with Gasteiger partial charge < -0.3 is 24.5 Å². The number of nitrogens with zero attached hydrogens (tertiary/aromatic N) is 3. The van der Waals surface area contributed by atoms with Gasteiger partial charge in [0, 0.05) is 26.2 Å². The van der Waals surface area contributed by atoms with Crippen LogP contribution in [0.1, 0.15) is 64.5 Å². The minimum absolute atomic E-state index is 0.102. The Bertz CT molecular complexity index is 1170. The number of ether oxygens (including phenoxy) is 1. The molecule has 1 N–H and O–H groups in total. The number of carbonyl (C=O) groups excluding carboxylic acids is 3. The molecule has 1 aromatic rings. The molecule has 0 radical (unpaired) electrons. The molecule has 0 saturated carbocycles. The maximum absolute atomic E-state index is 14.7. The van der Waals surface area contributed by atoms with E-state index in [4.69, 9.17) is 4.74 Å². The minimum Gasteiger partial charge on any atom is -0.394 e. The molecule has 8 heteroatoms. The SMILES string of the molecule is CCCCCN1CC=C[C@]23O[C@]4(CC)C=CCN(CCC)C(=O)[C@@H]4[C@H]2C(=O)N([C@H](CO)c2ccccc2)C3C1=O. The number of carbonyl (C=O) groups is 3. The van der Waals surface area contributed by atoms with E-state index in [2.05, 4.69) is 6.92 Å². The Morgan fingerprint density at radius 1 is 0.875 bits per heavy atom. The fraction of sp³-hybridized carbons (Fsp3) is 0.594. The van der Waals surface area contributed by atoms with E-state index in [-0.39, 0.29) is 24.3 Å². The van der Waals surface area contributed by atoms with Gasteiger partial charge in [-0.1, -0.05) is 88.2 Å². The molecule has 3 amide bonds. The fourth-order valence-electron chi connectivity index (χ4n) is 7.39. The van der Waals surface area contributed by atoms with Crippen LogP contribution in [0.4, 0.5) is 0 Å². The van der Waals surface area contributed by atoms with Crippen LogP contribution in [-0.4, -0.2) is 87.6 Å². The quantitative estimate of drug-likeness (QED) is 0.357. The standard InChI is InChI=1S/C32H43N3O5/c1-4-7-11-19-34-21-13-17-32-26(25-28(37)33(18-5-2)20-12-16-31(25,6-3)40-32)29(38)35(27(32)30(34)39)24(22-36)23-14-9-8-10-15-23/h8-10,12-17,24-27,36H,4-7,11,18-22H2,1-3H3/t24-,25+,26+,27?,31-,32+/m1/s1. The zero-order valence-corrected chi connectivity index (χ0v) is 24.0. The van der Waals surface area contributed by atoms with Gasteiger partial charge in [0.2, 0.25) is 17.7 Å². The lowest BCUT2D eigenvalue weighted by Gasteiger charge is -2.41. The van der Waals surface area contributed by atoms with Crippen LogP contribution in [-0.2, 0) is 19.1 Å². The van der Waals surface area contributed by atoms with Crippen molar-refractivity contribution in [1.82, 2.24) is 14.7 Å². The van der Waals surface area contributed by atoms with Crippen molar-refractivity contribution in [3.8, 4) is 0 Å². The first-order valence-corrected chi connectivity index (χ1v) is 15.0. The summed E-state index contributed by atoms with van der Waals surface area (Å²) in [7, 11) is 0. The van der Waals surface area contributed by atoms with Crippen molar-refractivity contribution in [2.45, 2.75) is 76.2 Å². The number of unbranched alkanes of at least 4 members (excludes halogenated alkanes) is 2. The molecule has 0 bridgehead atoms. The summed E-state index contributed by atoms with van der Waals surface area (Å²) in [6.07, 6.45) is 12.0. The van der Waals surface area contributed by atoms with Gasteiger partial charge in [-0.25, -0.2) is 0 Å². The van der Waals surface area contributed by atoms with Crippen LogP contribution < -0.4 is 0 Å². The first-order valence-electron chi connectivity index (χ1n) is 15.0. The van der Waals surface area contributed by atoms with E-state index < -0.39 is 35.1 Å². The van der Waals surface area contributed by atoms with E-state index in [0.717, 1.165) is 31.2 Å². The largest absolute Gasteiger partial charge is 0.394 e. The number of hydrogen-bond donors (Lipinski definition) is 1. The molecule has 0 aromatic heterocycles. The van der Waals surface area contributed by atoms with Crippen LogP contribution in [0.15, 0.2) is 54.6 Å². The molecule has 4 heterocycles. The van der Waals surface area contributed by atoms with Gasteiger partial charge in [0.25, 0.3) is 0 Å². The van der Waals surface area contributed by atoms with Gasteiger partial charge in [0.05, 0.1) is 30.1 Å². The van der Waals surface area contributed by atoms with E-state index in [1.54, 1.807) is 4.90 Å². The molecular weight excluding hydrogens is 506 g/mol. The van der Waals surface area contributed by atoms with Gasteiger partial charge in [-0.15, -0.1) is 0 Å². The van der Waals surface area contributed by atoms with Crippen molar-refractivity contribution in [2.75, 3.05) is 32.8 Å². The Hall–Kier alpha value is -2.97. The summed E-state index contributed by atoms with van der Waals surface area (Å²) in [6, 6.07) is 7.61. The first kappa shape index (κ1) is 28.6. The average Bonchev–Trinajstić information content (AvgIpc) is 3.26. The highest BCUT2D eigenvalue weighted by Crippen LogP contribution is 2.59. The lowest BCUT2D eigenvalue weighted by atomic mass is 9.73. The second-order valence-electron chi connectivity index (χ2n) is 11.6. The predicted octanol–water partition coefficient (Wildman–Crippen LogP) is 3.48. The molecular formula is C32H43N3O5. The zero-order valence-electron chi connectivity index (χ0n) is 24.0. The molecule has 1 unspecified atom stereocenters. The lowest BCUT2D eigenvalue weighted by molar-refractivity contribution is -0.157. The number of benzene rings is 1. The molecule has 40 heavy (non-hydrogen) atoms. The average molecular weight is 550 g/mol. The van der Waals surface area contributed by atoms with E-state index in [1.165, 1.54) is 0 Å². The summed E-state index contributed by atoms with van der Waals surface area (Å²) >= 11 is 0. The zero-order chi connectivity index (χ0) is 28.5. The number of aliphatic hydroxyl groups excluding tert-OH is 1. The molecule has 216 valence electrons. The highest BCUT2D eigenvalue weighted by Gasteiger charge is 2.76. The molecule has 4 aliphatic rings. The number of likely N-dealkylation sites (tertiary alicyclic amines) is 1. The number of amides is 3. The Morgan fingerprint density at radius 3 is 2.23 bits per heavy atom. The summed E-state index contributed by atoms with van der Waals surface area (Å²) in [5.74, 6) is -2.23. The van der Waals surface area contributed by atoms with Gasteiger partial charge >= 0.3 is 0 Å². The smallest absolute Gasteiger partial charge is 0.249 e. The second kappa shape index (κ2) is 11.5. The molecule has 4 aliphatic heterocycles. The summed E-state index contributed by atoms with van der Waals surface area (Å²) in [4.78, 5) is 48.6. The molecule has 2 fully saturated rings. The topological polar surface area (TPSA) is 90.4 Å². The van der Waals surface area contributed by atoms with Crippen molar-refractivity contribution < 1.29 is 24.2 Å². The van der Waals surface area contributed by atoms with Crippen LogP contribution in [0.5, 0.6) is 0 Å². The molecule has 1 spiro atoms. The molecule has 1 aromatic carbocycles. The van der Waals surface area contributed by atoms with Crippen molar-refractivity contribution in [3.63, 3.8) is 0 Å². The Kier molecular flexibility index (Phi) is 8.20. The molecule has 2 saturated heterocycles. The maximum atomic E-state index is 14.7. The minimum atomic E-state index is -1.31. The van der Waals surface area contributed by atoms with Gasteiger partial charge in [0.15, 0.2) is 0 Å². The fourth-order valence-corrected chi connectivity index (χ4v) is 7.39. The van der Waals surface area contributed by atoms with E-state index in [9.17, 15) is 19.5 Å². The van der Waals surface area contributed by atoms with Crippen LogP contribution in [0, 0.1) is 11.8 Å². The Balaban J connectivity index is 1.67. The second-order valence-corrected chi connectivity index (χ2v) is 11.6. The number of fused-ring (bicyclic) bond motifs is 2. The Labute approximate surface area is 237 Å². The molecule has 0 aliphatic carbocycles. The normalized spacial score (nSPS) is 32.1. The first-order chi connectivity index (χ1) is 19.4. The van der Waals surface area contributed by atoms with Crippen molar-refractivity contribution in [3.05, 3.63) is 60.2 Å². The van der Waals surface area contributed by atoms with Crippen molar-refractivity contribution >= 4 is 17.7 Å². The molecule has 8 nitrogen and oxygen atoms in total. The van der Waals surface area contributed by atoms with Gasteiger partial charge in [-0.2, -0.15) is 0 Å². The van der Waals surface area contributed by atoms with Gasteiger partial charge in [-0.3, -0.25) is 14.4 Å². The predicted molar refractivity (Wildman–Crippen MR) is 152 cm³/mol. The van der Waals surface area contributed by atoms with E-state index in [0.29, 0.717) is 32.6 Å². The summed E-state index contributed by atoms with van der Waals surface area (Å²) in [5.41, 5.74) is -1.56. The third kappa shape index (κ3) is 4.40. The van der Waals surface area contributed by atoms with Crippen LogP contribution in [0.3, 0.4) is 0 Å². The number of rotatable bonds is 10. The van der Waals surface area contributed by atoms with Crippen LogP contribution in [0.25, 0.3) is 0 Å². The summed E-state index contributed by atoms with van der Waals surface area (Å²) < 4.78 is 7.04. The Morgan fingerprint density at radius 2 is 1.57 bits per heavy atom. The summed E-state index contributed by atoms with van der Waals surface area (Å²) in [5, 5.41) is 10.7. The summed E-state index contributed by atoms with van der Waals surface area (Å²) in [6.45, 7) is 7.85. The molecule has 6 atom stereocenters. The lowest BCUT2D eigenvalue weighted by Crippen LogP contribution is -2.57. The van der Waals surface area contributed by atoms with Crippen LogP contribution in [0.2, 0.25) is 0 Å². The highest BCUT2D eigenvalue weighted by molar-refractivity contribution is 6.00. The van der Waals surface area contributed by atoms with Crippen molar-refractivity contribution in [1.29, 1.82) is 0 Å². The molecule has 5 rings (SSSR count). The van der Waals surface area contributed by atoms with Crippen LogP contribution >= 0.6 is 0 Å². The highest BCUT2D eigenvalue weighted by atomic mass is 16.5.